The van der Waals surface area contributed by atoms with Gasteiger partial charge in [-0.05, 0) is 6.07 Å². The molecule has 0 aliphatic carbocycles. The van der Waals surface area contributed by atoms with Crippen LogP contribution in [0.1, 0.15) is 0 Å². The lowest BCUT2D eigenvalue weighted by atomic mass is 10.3. The Bertz CT molecular complexity index is 398. The van der Waals surface area contributed by atoms with Gasteiger partial charge in [-0.15, -0.1) is 0 Å². The number of carbonyl (C=O) groups is 1. The van der Waals surface area contributed by atoms with Crippen LogP contribution in [0.5, 0.6) is 5.75 Å². The number of nitrogens with one attached hydrogen (secondary N) is 1. The van der Waals surface area contributed by atoms with Crippen molar-refractivity contribution in [2.24, 2.45) is 0 Å². The lowest BCUT2D eigenvalue weighted by Gasteiger charge is -2.07. The van der Waals surface area contributed by atoms with Gasteiger partial charge in [-0.3, -0.25) is 4.79 Å². The molecule has 1 aromatic rings. The van der Waals surface area contributed by atoms with Crippen LogP contribution in [-0.4, -0.2) is 15.8 Å². The van der Waals surface area contributed by atoms with Crippen molar-refractivity contribution in [3.8, 4) is 5.75 Å². The molecular formula is C8H5Cl3FNO2. The fourth-order valence-corrected chi connectivity index (χ4v) is 1.09. The van der Waals surface area contributed by atoms with Crippen molar-refractivity contribution in [3.63, 3.8) is 0 Å². The zero-order valence-electron chi connectivity index (χ0n) is 7.10. The molecule has 7 heteroatoms. The Balaban J connectivity index is 2.96. The maximum Gasteiger partial charge on any atom is 0.257 e. The van der Waals surface area contributed by atoms with Crippen LogP contribution in [-0.2, 0) is 4.79 Å². The van der Waals surface area contributed by atoms with Gasteiger partial charge in [0, 0.05) is 6.07 Å². The molecule has 0 saturated carbocycles. The molecule has 0 radical (unpaired) electrons. The summed E-state index contributed by atoms with van der Waals surface area (Å²) in [5.74, 6) is -2.03. The van der Waals surface area contributed by atoms with Crippen LogP contribution in [0.3, 0.4) is 0 Å². The molecule has 0 atom stereocenters. The molecule has 1 amide bonds. The van der Waals surface area contributed by atoms with Gasteiger partial charge in [0.1, 0.15) is 11.6 Å². The van der Waals surface area contributed by atoms with E-state index < -0.39 is 22.3 Å². The average molecular weight is 272 g/mol. The van der Waals surface area contributed by atoms with Gasteiger partial charge in [0.15, 0.2) is 4.84 Å². The van der Waals surface area contributed by atoms with Crippen molar-refractivity contribution in [2.45, 2.75) is 4.84 Å². The van der Waals surface area contributed by atoms with Gasteiger partial charge < -0.3 is 10.4 Å². The standard InChI is InChI=1S/C8H5Cl3FNO2/c9-3-1-5(4(12)2-6(3)14)13-8(15)7(10)11/h1-2,7,14H,(H,13,15). The SMILES string of the molecule is O=C(Nc1cc(Cl)c(O)cc1F)C(Cl)Cl. The van der Waals surface area contributed by atoms with Crippen LogP contribution in [0.25, 0.3) is 0 Å². The third-order valence-corrected chi connectivity index (χ3v) is 2.19. The first kappa shape index (κ1) is 12.4. The van der Waals surface area contributed by atoms with E-state index in [-0.39, 0.29) is 10.7 Å². The van der Waals surface area contributed by atoms with E-state index >= 15 is 0 Å². The molecular weight excluding hydrogens is 267 g/mol. The van der Waals surface area contributed by atoms with E-state index in [1.807, 2.05) is 0 Å². The van der Waals surface area contributed by atoms with Crippen LogP contribution in [0, 0.1) is 5.82 Å². The number of alkyl halides is 2. The van der Waals surface area contributed by atoms with Gasteiger partial charge in [0.05, 0.1) is 10.7 Å². The normalized spacial score (nSPS) is 10.5. The Labute approximate surface area is 99.7 Å². The molecule has 1 aromatic carbocycles. The summed E-state index contributed by atoms with van der Waals surface area (Å²) in [6.07, 6.45) is 0. The molecule has 15 heavy (non-hydrogen) atoms. The van der Waals surface area contributed by atoms with E-state index in [0.717, 1.165) is 12.1 Å². The molecule has 0 spiro atoms. The summed E-state index contributed by atoms with van der Waals surface area (Å²) in [7, 11) is 0. The van der Waals surface area contributed by atoms with Crippen molar-refractivity contribution < 1.29 is 14.3 Å². The van der Waals surface area contributed by atoms with Crippen molar-refractivity contribution in [2.75, 3.05) is 5.32 Å². The van der Waals surface area contributed by atoms with E-state index in [1.165, 1.54) is 0 Å². The molecule has 0 unspecified atom stereocenters. The van der Waals surface area contributed by atoms with Gasteiger partial charge in [0.2, 0.25) is 0 Å². The maximum atomic E-state index is 13.1. The highest BCUT2D eigenvalue weighted by Crippen LogP contribution is 2.29. The molecule has 0 aliphatic heterocycles. The third-order valence-electron chi connectivity index (χ3n) is 1.49. The van der Waals surface area contributed by atoms with Crippen LogP contribution in [0.2, 0.25) is 5.02 Å². The summed E-state index contributed by atoms with van der Waals surface area (Å²) >= 11 is 16.0. The zero-order valence-corrected chi connectivity index (χ0v) is 9.37. The summed E-state index contributed by atoms with van der Waals surface area (Å²) in [6, 6.07) is 1.83. The molecule has 0 heterocycles. The van der Waals surface area contributed by atoms with Gasteiger partial charge >= 0.3 is 0 Å². The molecule has 0 bridgehead atoms. The monoisotopic (exact) mass is 271 g/mol. The number of benzene rings is 1. The quantitative estimate of drug-likeness (QED) is 0.642. The molecule has 2 N–H and O–H groups in total. The van der Waals surface area contributed by atoms with E-state index in [9.17, 15) is 9.18 Å². The number of carbonyl (C=O) groups excluding carboxylic acids is 1. The number of anilines is 1. The highest BCUT2D eigenvalue weighted by molar-refractivity contribution is 6.54. The zero-order chi connectivity index (χ0) is 11.6. The highest BCUT2D eigenvalue weighted by Gasteiger charge is 2.15. The first-order chi connectivity index (χ1) is 6.91. The van der Waals surface area contributed by atoms with Gasteiger partial charge in [-0.25, -0.2) is 4.39 Å². The molecule has 0 aliphatic rings. The van der Waals surface area contributed by atoms with Gasteiger partial charge in [0.25, 0.3) is 5.91 Å². The second-order valence-corrected chi connectivity index (χ2v) is 4.08. The minimum atomic E-state index is -1.31. The Morgan fingerprint density at radius 1 is 1.47 bits per heavy atom. The Hall–Kier alpha value is -0.710. The topological polar surface area (TPSA) is 49.3 Å². The predicted octanol–water partition coefficient (Wildman–Crippen LogP) is 2.93. The van der Waals surface area contributed by atoms with Crippen molar-refractivity contribution >= 4 is 46.4 Å². The third kappa shape index (κ3) is 3.12. The number of rotatable bonds is 2. The minimum absolute atomic E-state index is 0.0904. The summed E-state index contributed by atoms with van der Waals surface area (Å²) in [5.41, 5.74) is -0.200. The number of aromatic hydroxyl groups is 1. The van der Waals surface area contributed by atoms with Crippen molar-refractivity contribution in [3.05, 3.63) is 23.0 Å². The lowest BCUT2D eigenvalue weighted by Crippen LogP contribution is -2.19. The number of phenolic OH excluding ortho intramolecular Hbond substituents is 1. The fourth-order valence-electron chi connectivity index (χ4n) is 0.819. The Kier molecular flexibility index (Phi) is 4.02. The maximum absolute atomic E-state index is 13.1. The Morgan fingerprint density at radius 2 is 2.07 bits per heavy atom. The number of hydrogen-bond donors (Lipinski definition) is 2. The molecule has 0 aromatic heterocycles. The summed E-state index contributed by atoms with van der Waals surface area (Å²) in [5, 5.41) is 11.0. The minimum Gasteiger partial charge on any atom is -0.506 e. The lowest BCUT2D eigenvalue weighted by molar-refractivity contribution is -0.114. The number of hydrogen-bond acceptors (Lipinski definition) is 2. The molecule has 82 valence electrons. The molecule has 0 saturated heterocycles. The fraction of sp³-hybridized carbons (Fsp3) is 0.125. The van der Waals surface area contributed by atoms with Crippen molar-refractivity contribution in [1.82, 2.24) is 0 Å². The first-order valence-corrected chi connectivity index (χ1v) is 4.94. The molecule has 3 nitrogen and oxygen atoms in total. The van der Waals surface area contributed by atoms with Crippen LogP contribution in [0.4, 0.5) is 10.1 Å². The molecule has 1 rings (SSSR count). The van der Waals surface area contributed by atoms with Crippen LogP contribution >= 0.6 is 34.8 Å². The van der Waals surface area contributed by atoms with Gasteiger partial charge in [-0.2, -0.15) is 0 Å². The van der Waals surface area contributed by atoms with E-state index in [0.29, 0.717) is 0 Å². The van der Waals surface area contributed by atoms with E-state index in [1.54, 1.807) is 0 Å². The predicted molar refractivity (Wildman–Crippen MR) is 57.2 cm³/mol. The number of halogens is 4. The highest BCUT2D eigenvalue weighted by atomic mass is 35.5. The summed E-state index contributed by atoms with van der Waals surface area (Å²) < 4.78 is 13.1. The van der Waals surface area contributed by atoms with Crippen molar-refractivity contribution in [1.29, 1.82) is 0 Å². The Morgan fingerprint density at radius 3 is 2.60 bits per heavy atom. The second-order valence-electron chi connectivity index (χ2n) is 2.57. The number of phenols is 1. The molecule has 0 fully saturated rings. The first-order valence-electron chi connectivity index (χ1n) is 3.69. The largest absolute Gasteiger partial charge is 0.506 e. The van der Waals surface area contributed by atoms with Crippen LogP contribution in [0.15, 0.2) is 12.1 Å². The summed E-state index contributed by atoms with van der Waals surface area (Å²) in [6.45, 7) is 0. The van der Waals surface area contributed by atoms with E-state index in [2.05, 4.69) is 5.32 Å². The second kappa shape index (κ2) is 4.88. The smallest absolute Gasteiger partial charge is 0.257 e. The number of amides is 1. The van der Waals surface area contributed by atoms with Crippen LogP contribution < -0.4 is 5.32 Å². The average Bonchev–Trinajstić information content (AvgIpc) is 2.13. The van der Waals surface area contributed by atoms with Gasteiger partial charge in [-0.1, -0.05) is 34.8 Å². The summed E-state index contributed by atoms with van der Waals surface area (Å²) in [4.78, 5) is 9.71. The van der Waals surface area contributed by atoms with E-state index in [4.69, 9.17) is 39.9 Å².